The van der Waals surface area contributed by atoms with Crippen LogP contribution < -0.4 is 5.73 Å². The molecule has 0 fully saturated rings. The number of fused-ring (bicyclic) bond motifs is 1. The van der Waals surface area contributed by atoms with Crippen LogP contribution in [0.3, 0.4) is 0 Å². The Kier molecular flexibility index (Phi) is 2.14. The lowest BCUT2D eigenvalue weighted by molar-refractivity contribution is 0.132. The zero-order valence-corrected chi connectivity index (χ0v) is 8.18. The maximum atomic E-state index is 5.73. The van der Waals surface area contributed by atoms with Crippen LogP contribution in [0.5, 0.6) is 0 Å². The number of aromatic amines is 1. The van der Waals surface area contributed by atoms with Crippen LogP contribution >= 0.6 is 0 Å². The number of nitrogens with two attached hydrogens (primary N) is 1. The van der Waals surface area contributed by atoms with Crippen molar-refractivity contribution in [3.05, 3.63) is 22.5 Å². The van der Waals surface area contributed by atoms with Gasteiger partial charge in [-0.1, -0.05) is 13.8 Å². The molecule has 13 heavy (non-hydrogen) atoms. The minimum absolute atomic E-state index is 0.518. The van der Waals surface area contributed by atoms with Crippen molar-refractivity contribution in [2.24, 2.45) is 5.73 Å². The summed E-state index contributed by atoms with van der Waals surface area (Å²) < 4.78 is 5.35. The average molecular weight is 180 g/mol. The largest absolute Gasteiger partial charge is 0.370 e. The summed E-state index contributed by atoms with van der Waals surface area (Å²) in [4.78, 5) is 3.41. The summed E-state index contributed by atoms with van der Waals surface area (Å²) in [5.41, 5.74) is 10.8. The molecule has 0 bridgehead atoms. The van der Waals surface area contributed by atoms with Gasteiger partial charge in [0.15, 0.2) is 0 Å². The van der Waals surface area contributed by atoms with E-state index in [2.05, 4.69) is 18.8 Å². The third-order valence-corrected chi connectivity index (χ3v) is 2.61. The van der Waals surface area contributed by atoms with Gasteiger partial charge in [0.2, 0.25) is 0 Å². The van der Waals surface area contributed by atoms with Gasteiger partial charge in [0.05, 0.1) is 13.2 Å². The Morgan fingerprint density at radius 2 is 2.23 bits per heavy atom. The molecule has 0 saturated carbocycles. The van der Waals surface area contributed by atoms with Crippen molar-refractivity contribution < 1.29 is 4.74 Å². The highest BCUT2D eigenvalue weighted by atomic mass is 16.5. The standard InChI is InChI=1S/C10H16N2O/c1-6(2)10-7(3-11)8-4-13-5-9(8)12-10/h6,12H,3-5,11H2,1-2H3. The second-order valence-electron chi connectivity index (χ2n) is 3.83. The van der Waals surface area contributed by atoms with Crippen molar-refractivity contribution in [3.8, 4) is 0 Å². The first-order valence-corrected chi connectivity index (χ1v) is 4.74. The second kappa shape index (κ2) is 3.16. The number of hydrogen-bond acceptors (Lipinski definition) is 2. The molecular weight excluding hydrogens is 164 g/mol. The Hall–Kier alpha value is -0.800. The average Bonchev–Trinajstić information content (AvgIpc) is 2.60. The van der Waals surface area contributed by atoms with Crippen LogP contribution in [-0.2, 0) is 24.5 Å². The molecule has 3 nitrogen and oxygen atoms in total. The molecular formula is C10H16N2O. The summed E-state index contributed by atoms with van der Waals surface area (Å²) in [5, 5.41) is 0. The Bertz CT molecular complexity index is 315. The molecule has 0 aliphatic carbocycles. The molecule has 0 aromatic carbocycles. The molecule has 1 aromatic heterocycles. The molecule has 0 spiro atoms. The SMILES string of the molecule is CC(C)c1[nH]c2c(c1CN)COC2. The Labute approximate surface area is 78.3 Å². The maximum absolute atomic E-state index is 5.73. The molecule has 0 unspecified atom stereocenters. The van der Waals surface area contributed by atoms with Crippen molar-refractivity contribution in [1.82, 2.24) is 4.98 Å². The van der Waals surface area contributed by atoms with E-state index in [1.807, 2.05) is 0 Å². The maximum Gasteiger partial charge on any atom is 0.0874 e. The van der Waals surface area contributed by atoms with E-state index in [0.717, 1.165) is 13.2 Å². The van der Waals surface area contributed by atoms with Crippen LogP contribution in [0.2, 0.25) is 0 Å². The highest BCUT2D eigenvalue weighted by Crippen LogP contribution is 2.29. The zero-order chi connectivity index (χ0) is 9.42. The fourth-order valence-electron chi connectivity index (χ4n) is 1.94. The van der Waals surface area contributed by atoms with E-state index in [-0.39, 0.29) is 0 Å². The second-order valence-corrected chi connectivity index (χ2v) is 3.83. The van der Waals surface area contributed by atoms with E-state index in [4.69, 9.17) is 10.5 Å². The third kappa shape index (κ3) is 1.28. The lowest BCUT2D eigenvalue weighted by atomic mass is 10.0. The van der Waals surface area contributed by atoms with Crippen LogP contribution in [0.1, 0.15) is 42.3 Å². The van der Waals surface area contributed by atoms with Gasteiger partial charge >= 0.3 is 0 Å². The smallest absolute Gasteiger partial charge is 0.0874 e. The van der Waals surface area contributed by atoms with Gasteiger partial charge in [0.1, 0.15) is 0 Å². The van der Waals surface area contributed by atoms with E-state index < -0.39 is 0 Å². The van der Waals surface area contributed by atoms with Crippen molar-refractivity contribution >= 4 is 0 Å². The number of H-pyrrole nitrogens is 1. The number of ether oxygens (including phenoxy) is 1. The van der Waals surface area contributed by atoms with Gasteiger partial charge in [-0.15, -0.1) is 0 Å². The molecule has 0 atom stereocenters. The zero-order valence-electron chi connectivity index (χ0n) is 8.18. The van der Waals surface area contributed by atoms with Crippen LogP contribution in [0.15, 0.2) is 0 Å². The Morgan fingerprint density at radius 3 is 2.85 bits per heavy atom. The first-order valence-electron chi connectivity index (χ1n) is 4.74. The van der Waals surface area contributed by atoms with E-state index in [1.54, 1.807) is 0 Å². The molecule has 72 valence electrons. The molecule has 2 rings (SSSR count). The predicted molar refractivity (Wildman–Crippen MR) is 51.3 cm³/mol. The van der Waals surface area contributed by atoms with Gasteiger partial charge in [-0.3, -0.25) is 0 Å². The van der Waals surface area contributed by atoms with Gasteiger partial charge in [-0.05, 0) is 11.5 Å². The fraction of sp³-hybridized carbons (Fsp3) is 0.600. The lowest BCUT2D eigenvalue weighted by Gasteiger charge is -2.07. The van der Waals surface area contributed by atoms with Crippen LogP contribution in [0, 0.1) is 0 Å². The highest BCUT2D eigenvalue weighted by Gasteiger charge is 2.21. The first kappa shape index (κ1) is 8.78. The predicted octanol–water partition coefficient (Wildman–Crippen LogP) is 1.63. The minimum atomic E-state index is 0.518. The molecule has 1 aliphatic heterocycles. The van der Waals surface area contributed by atoms with Gasteiger partial charge in [-0.25, -0.2) is 0 Å². The quantitative estimate of drug-likeness (QED) is 0.726. The van der Waals surface area contributed by atoms with Gasteiger partial charge < -0.3 is 15.5 Å². The molecule has 3 heteroatoms. The molecule has 3 N–H and O–H groups in total. The normalized spacial score (nSPS) is 15.4. The van der Waals surface area contributed by atoms with Gasteiger partial charge in [0.25, 0.3) is 0 Å². The van der Waals surface area contributed by atoms with Crippen LogP contribution in [-0.4, -0.2) is 4.98 Å². The van der Waals surface area contributed by atoms with Crippen molar-refractivity contribution in [3.63, 3.8) is 0 Å². The topological polar surface area (TPSA) is 51.0 Å². The number of rotatable bonds is 2. The summed E-state index contributed by atoms with van der Waals surface area (Å²) >= 11 is 0. The summed E-state index contributed by atoms with van der Waals surface area (Å²) in [6.45, 7) is 6.42. The van der Waals surface area contributed by atoms with Crippen LogP contribution in [0.25, 0.3) is 0 Å². The first-order chi connectivity index (χ1) is 6.24. The Morgan fingerprint density at radius 1 is 1.46 bits per heavy atom. The molecule has 1 aliphatic rings. The summed E-state index contributed by atoms with van der Waals surface area (Å²) in [6, 6.07) is 0. The molecule has 0 amide bonds. The van der Waals surface area contributed by atoms with E-state index in [9.17, 15) is 0 Å². The molecule has 0 radical (unpaired) electrons. The Balaban J connectivity index is 2.47. The van der Waals surface area contributed by atoms with Crippen LogP contribution in [0.4, 0.5) is 0 Å². The van der Waals surface area contributed by atoms with E-state index in [0.29, 0.717) is 12.5 Å². The van der Waals surface area contributed by atoms with Crippen molar-refractivity contribution in [2.45, 2.75) is 39.5 Å². The minimum Gasteiger partial charge on any atom is -0.370 e. The van der Waals surface area contributed by atoms with Crippen molar-refractivity contribution in [1.29, 1.82) is 0 Å². The lowest BCUT2D eigenvalue weighted by Crippen LogP contribution is -2.03. The fourth-order valence-corrected chi connectivity index (χ4v) is 1.94. The summed E-state index contributed by atoms with van der Waals surface area (Å²) in [5.74, 6) is 0.518. The monoisotopic (exact) mass is 180 g/mol. The summed E-state index contributed by atoms with van der Waals surface area (Å²) in [6.07, 6.45) is 0. The van der Waals surface area contributed by atoms with Gasteiger partial charge in [0, 0.05) is 23.5 Å². The van der Waals surface area contributed by atoms with Gasteiger partial charge in [-0.2, -0.15) is 0 Å². The van der Waals surface area contributed by atoms with Crippen molar-refractivity contribution in [2.75, 3.05) is 0 Å². The number of hydrogen-bond donors (Lipinski definition) is 2. The number of aromatic nitrogens is 1. The molecule has 2 heterocycles. The molecule has 0 saturated heterocycles. The van der Waals surface area contributed by atoms with E-state index >= 15 is 0 Å². The molecule has 1 aromatic rings. The van der Waals surface area contributed by atoms with E-state index in [1.165, 1.54) is 22.5 Å². The third-order valence-electron chi connectivity index (χ3n) is 2.61. The number of nitrogens with one attached hydrogen (secondary N) is 1. The summed E-state index contributed by atoms with van der Waals surface area (Å²) in [7, 11) is 0. The highest BCUT2D eigenvalue weighted by molar-refractivity contribution is 5.39.